The summed E-state index contributed by atoms with van der Waals surface area (Å²) >= 11 is 1.73. The Morgan fingerprint density at radius 3 is 2.82 bits per heavy atom. The highest BCUT2D eigenvalue weighted by Crippen LogP contribution is 2.36. The summed E-state index contributed by atoms with van der Waals surface area (Å²) in [6.07, 6.45) is 3.77. The zero-order chi connectivity index (χ0) is 15.5. The lowest BCUT2D eigenvalue weighted by molar-refractivity contribution is 0.417. The number of ether oxygens (including phenoxy) is 1. The highest BCUT2D eigenvalue weighted by molar-refractivity contribution is 7.18. The van der Waals surface area contributed by atoms with Crippen LogP contribution in [0.25, 0.3) is 10.2 Å². The number of benzene rings is 1. The molecule has 2 aromatic heterocycles. The molecule has 0 aliphatic rings. The van der Waals surface area contributed by atoms with E-state index in [-0.39, 0.29) is 0 Å². The van der Waals surface area contributed by atoms with Gasteiger partial charge in [0, 0.05) is 4.88 Å². The van der Waals surface area contributed by atoms with Crippen LogP contribution in [0.2, 0.25) is 0 Å². The Morgan fingerprint density at radius 1 is 1.23 bits per heavy atom. The second kappa shape index (κ2) is 6.32. The third-order valence-corrected chi connectivity index (χ3v) is 4.70. The largest absolute Gasteiger partial charge is 0.495 e. The van der Waals surface area contributed by atoms with E-state index in [4.69, 9.17) is 4.74 Å². The van der Waals surface area contributed by atoms with E-state index in [2.05, 4.69) is 29.1 Å². The second-order valence-electron chi connectivity index (χ2n) is 5.11. The number of methoxy groups -OCH3 is 1. The summed E-state index contributed by atoms with van der Waals surface area (Å²) in [6, 6.07) is 7.87. The molecule has 0 spiro atoms. The number of nitrogens with one attached hydrogen (secondary N) is 1. The van der Waals surface area contributed by atoms with E-state index in [1.807, 2.05) is 24.3 Å². The molecule has 0 aliphatic heterocycles. The molecule has 0 fully saturated rings. The maximum absolute atomic E-state index is 5.41. The molecule has 4 nitrogen and oxygen atoms in total. The molecule has 0 amide bonds. The van der Waals surface area contributed by atoms with Crippen LogP contribution in [0.15, 0.2) is 30.6 Å². The quantitative estimate of drug-likeness (QED) is 0.741. The van der Waals surface area contributed by atoms with Crippen molar-refractivity contribution in [3.05, 3.63) is 41.0 Å². The van der Waals surface area contributed by atoms with Gasteiger partial charge in [0.2, 0.25) is 0 Å². The maximum atomic E-state index is 5.41. The SMILES string of the molecule is CCCc1c(C)sc2ncnc(Nc3ccccc3OC)c12. The van der Waals surface area contributed by atoms with Crippen molar-refractivity contribution in [2.75, 3.05) is 12.4 Å². The van der Waals surface area contributed by atoms with E-state index < -0.39 is 0 Å². The normalized spacial score (nSPS) is 10.9. The van der Waals surface area contributed by atoms with Crippen LogP contribution in [0.5, 0.6) is 5.75 Å². The molecule has 5 heteroatoms. The number of hydrogen-bond acceptors (Lipinski definition) is 5. The van der Waals surface area contributed by atoms with Crippen LogP contribution in [0, 0.1) is 6.92 Å². The Bertz CT molecular complexity index is 798. The van der Waals surface area contributed by atoms with Crippen molar-refractivity contribution in [2.24, 2.45) is 0 Å². The van der Waals surface area contributed by atoms with Crippen LogP contribution in [0.1, 0.15) is 23.8 Å². The molecule has 0 bridgehead atoms. The minimum Gasteiger partial charge on any atom is -0.495 e. The molecular formula is C17H19N3OS. The molecule has 1 aromatic carbocycles. The minimum atomic E-state index is 0.804. The van der Waals surface area contributed by atoms with E-state index in [1.165, 1.54) is 10.4 Å². The summed E-state index contributed by atoms with van der Waals surface area (Å²) < 4.78 is 5.41. The molecule has 0 unspecified atom stereocenters. The number of nitrogens with zero attached hydrogens (tertiary/aromatic N) is 2. The van der Waals surface area contributed by atoms with Gasteiger partial charge < -0.3 is 10.1 Å². The number of hydrogen-bond donors (Lipinski definition) is 1. The van der Waals surface area contributed by atoms with E-state index in [1.54, 1.807) is 24.8 Å². The highest BCUT2D eigenvalue weighted by atomic mass is 32.1. The van der Waals surface area contributed by atoms with E-state index >= 15 is 0 Å². The highest BCUT2D eigenvalue weighted by Gasteiger charge is 2.15. The van der Waals surface area contributed by atoms with Gasteiger partial charge in [0.05, 0.1) is 18.2 Å². The molecule has 1 N–H and O–H groups in total. The number of aromatic nitrogens is 2. The molecule has 0 saturated heterocycles. The summed E-state index contributed by atoms with van der Waals surface area (Å²) in [5, 5.41) is 4.55. The van der Waals surface area contributed by atoms with Gasteiger partial charge in [-0.05, 0) is 31.0 Å². The Labute approximate surface area is 134 Å². The summed E-state index contributed by atoms with van der Waals surface area (Å²) in [5.74, 6) is 1.65. The fourth-order valence-corrected chi connectivity index (χ4v) is 3.66. The van der Waals surface area contributed by atoms with Gasteiger partial charge in [-0.1, -0.05) is 25.5 Å². The van der Waals surface area contributed by atoms with Gasteiger partial charge in [-0.3, -0.25) is 0 Å². The molecule has 3 aromatic rings. The predicted octanol–water partition coefficient (Wildman–Crippen LogP) is 4.70. The third-order valence-electron chi connectivity index (χ3n) is 3.65. The predicted molar refractivity (Wildman–Crippen MR) is 92.4 cm³/mol. The number of rotatable bonds is 5. The standard InChI is InChI=1S/C17H19N3OS/c1-4-7-12-11(2)22-17-15(12)16(18-10-19-17)20-13-8-5-6-9-14(13)21-3/h5-6,8-10H,4,7H2,1-3H3,(H,18,19,20). The van der Waals surface area contributed by atoms with Gasteiger partial charge in [-0.25, -0.2) is 9.97 Å². The van der Waals surface area contributed by atoms with Crippen molar-refractivity contribution in [3.8, 4) is 5.75 Å². The number of para-hydroxylation sites is 2. The van der Waals surface area contributed by atoms with Crippen LogP contribution in [0.3, 0.4) is 0 Å². The molecule has 0 saturated carbocycles. The Hall–Kier alpha value is -2.14. The number of thiophene rings is 1. The van der Waals surface area contributed by atoms with Crippen molar-refractivity contribution >= 4 is 33.1 Å². The molecule has 0 atom stereocenters. The molecule has 114 valence electrons. The van der Waals surface area contributed by atoms with Crippen LogP contribution < -0.4 is 10.1 Å². The lowest BCUT2D eigenvalue weighted by atomic mass is 10.1. The average molecular weight is 313 g/mol. The lowest BCUT2D eigenvalue weighted by Gasteiger charge is -2.11. The van der Waals surface area contributed by atoms with Crippen LogP contribution >= 0.6 is 11.3 Å². The monoisotopic (exact) mass is 313 g/mol. The van der Waals surface area contributed by atoms with E-state index in [0.29, 0.717) is 0 Å². The zero-order valence-electron chi connectivity index (χ0n) is 13.0. The molecule has 0 aliphatic carbocycles. The van der Waals surface area contributed by atoms with Gasteiger partial charge in [0.25, 0.3) is 0 Å². The van der Waals surface area contributed by atoms with Crippen LogP contribution in [0.4, 0.5) is 11.5 Å². The average Bonchev–Trinajstić information content (AvgIpc) is 2.85. The Morgan fingerprint density at radius 2 is 2.05 bits per heavy atom. The van der Waals surface area contributed by atoms with Crippen molar-refractivity contribution in [1.82, 2.24) is 9.97 Å². The van der Waals surface area contributed by atoms with Gasteiger partial charge in [-0.15, -0.1) is 11.3 Å². The number of aryl methyl sites for hydroxylation is 2. The van der Waals surface area contributed by atoms with Crippen molar-refractivity contribution in [2.45, 2.75) is 26.7 Å². The molecule has 2 heterocycles. The number of fused-ring (bicyclic) bond motifs is 1. The van der Waals surface area contributed by atoms with Crippen molar-refractivity contribution < 1.29 is 4.74 Å². The lowest BCUT2D eigenvalue weighted by Crippen LogP contribution is -1.98. The summed E-state index contributed by atoms with van der Waals surface area (Å²) in [6.45, 7) is 4.35. The summed E-state index contributed by atoms with van der Waals surface area (Å²) in [4.78, 5) is 11.2. The molecule has 3 rings (SSSR count). The van der Waals surface area contributed by atoms with Gasteiger partial charge in [0.1, 0.15) is 22.7 Å². The fraction of sp³-hybridized carbons (Fsp3) is 0.294. The first-order valence-corrected chi connectivity index (χ1v) is 8.19. The first-order valence-electron chi connectivity index (χ1n) is 7.37. The first kappa shape index (κ1) is 14.8. The minimum absolute atomic E-state index is 0.804. The molecular weight excluding hydrogens is 294 g/mol. The zero-order valence-corrected chi connectivity index (χ0v) is 13.8. The van der Waals surface area contributed by atoms with Crippen LogP contribution in [-0.2, 0) is 6.42 Å². The summed E-state index contributed by atoms with van der Waals surface area (Å²) in [5.41, 5.74) is 2.26. The second-order valence-corrected chi connectivity index (χ2v) is 6.32. The van der Waals surface area contributed by atoms with Gasteiger partial charge >= 0.3 is 0 Å². The fourth-order valence-electron chi connectivity index (χ4n) is 2.62. The molecule has 22 heavy (non-hydrogen) atoms. The third kappa shape index (κ3) is 2.64. The van der Waals surface area contributed by atoms with E-state index in [9.17, 15) is 0 Å². The first-order chi connectivity index (χ1) is 10.7. The summed E-state index contributed by atoms with van der Waals surface area (Å²) in [7, 11) is 1.67. The van der Waals surface area contributed by atoms with E-state index in [0.717, 1.165) is 40.3 Å². The van der Waals surface area contributed by atoms with Crippen LogP contribution in [-0.4, -0.2) is 17.1 Å². The smallest absolute Gasteiger partial charge is 0.142 e. The topological polar surface area (TPSA) is 47.0 Å². The van der Waals surface area contributed by atoms with Gasteiger partial charge in [0.15, 0.2) is 0 Å². The maximum Gasteiger partial charge on any atom is 0.142 e. The number of anilines is 2. The Balaban J connectivity index is 2.10. The van der Waals surface area contributed by atoms with Crippen molar-refractivity contribution in [1.29, 1.82) is 0 Å². The molecule has 0 radical (unpaired) electrons. The van der Waals surface area contributed by atoms with Crippen molar-refractivity contribution in [3.63, 3.8) is 0 Å². The van der Waals surface area contributed by atoms with Gasteiger partial charge in [-0.2, -0.15) is 0 Å². The Kier molecular flexibility index (Phi) is 4.24.